The second kappa shape index (κ2) is 17.0. The summed E-state index contributed by atoms with van der Waals surface area (Å²) in [5.41, 5.74) is 15.0. The number of imidazole rings is 1. The number of hydrogen-bond acceptors (Lipinski definition) is 4. The van der Waals surface area contributed by atoms with E-state index in [0.717, 1.165) is 78.2 Å². The summed E-state index contributed by atoms with van der Waals surface area (Å²) in [5, 5.41) is 0.961. The molecule has 0 aliphatic carbocycles. The first kappa shape index (κ1) is 32.3. The van der Waals surface area contributed by atoms with Crippen LogP contribution in [0.5, 0.6) is 0 Å². The molecule has 6 aromatic carbocycles. The molecular weight excluding hydrogens is 901 g/mol. The van der Waals surface area contributed by atoms with E-state index in [2.05, 4.69) is 143 Å². The Bertz CT molecular complexity index is 3140. The third-order valence-electron chi connectivity index (χ3n) is 10.0. The van der Waals surface area contributed by atoms with Crippen LogP contribution in [0.4, 0.5) is 0 Å². The molecular formula is C53H40IrN4O-2. The molecule has 4 aromatic heterocycles. The molecule has 0 atom stereocenters. The van der Waals surface area contributed by atoms with Gasteiger partial charge < -0.3 is 14.0 Å². The van der Waals surface area contributed by atoms with E-state index in [1.54, 1.807) is 12.1 Å². The Balaban J connectivity index is 0.000000232. The summed E-state index contributed by atoms with van der Waals surface area (Å²) >= 11 is 0. The molecule has 0 saturated heterocycles. The molecule has 6 heteroatoms. The number of pyridine rings is 2. The second-order valence-electron chi connectivity index (χ2n) is 14.1. The van der Waals surface area contributed by atoms with E-state index in [0.29, 0.717) is 11.3 Å². The maximum Gasteiger partial charge on any atom is 0.0774 e. The van der Waals surface area contributed by atoms with Crippen molar-refractivity contribution in [2.45, 2.75) is 27.6 Å². The van der Waals surface area contributed by atoms with E-state index in [-0.39, 0.29) is 31.2 Å². The molecule has 0 unspecified atom stereocenters. The van der Waals surface area contributed by atoms with Crippen molar-refractivity contribution in [1.29, 1.82) is 0 Å². The van der Waals surface area contributed by atoms with Crippen molar-refractivity contribution >= 4 is 22.0 Å². The Morgan fingerprint density at radius 2 is 1.32 bits per heavy atom. The molecule has 0 amide bonds. The molecule has 0 N–H and O–H groups in total. The zero-order chi connectivity index (χ0) is 44.6. The van der Waals surface area contributed by atoms with Gasteiger partial charge in [0.25, 0.3) is 0 Å². The second-order valence-corrected chi connectivity index (χ2v) is 14.1. The van der Waals surface area contributed by atoms with Crippen LogP contribution in [0.1, 0.15) is 30.6 Å². The summed E-state index contributed by atoms with van der Waals surface area (Å²) in [7, 11) is 0. The molecule has 1 radical (unpaired) electrons. The van der Waals surface area contributed by atoms with Crippen molar-refractivity contribution in [3.8, 4) is 61.7 Å². The number of fused-ring (bicyclic) bond motifs is 2. The van der Waals surface area contributed by atoms with Gasteiger partial charge in [0.1, 0.15) is 0 Å². The SMILES string of the molecule is Cc1cc(-c2ccccc2)c(-n2c(-c3[c-]oc4ccc(-c5ccnc(C)c5)cc34)nc3ccccc32)c(-c2ccccc2)c1.[2H]C([2H])([2H])c1c[c-]c(-c2ccc(C([2H])([2H])[2H])cn2)cc1.[Ir]. The van der Waals surface area contributed by atoms with Crippen LogP contribution in [-0.4, -0.2) is 19.5 Å². The van der Waals surface area contributed by atoms with E-state index in [9.17, 15) is 0 Å². The number of rotatable bonds is 6. The van der Waals surface area contributed by atoms with Gasteiger partial charge in [-0.25, -0.2) is 0 Å². The minimum atomic E-state index is -2.18. The van der Waals surface area contributed by atoms with Gasteiger partial charge in [-0.1, -0.05) is 121 Å². The van der Waals surface area contributed by atoms with Gasteiger partial charge in [0, 0.05) is 69.4 Å². The number of nitrogens with zero attached hydrogens (tertiary/aromatic N) is 4. The molecule has 289 valence electrons. The van der Waals surface area contributed by atoms with Crippen LogP contribution >= 0.6 is 0 Å². The average molecular weight is 947 g/mol. The first-order valence-corrected chi connectivity index (χ1v) is 18.9. The minimum Gasteiger partial charge on any atom is -0.557 e. The summed E-state index contributed by atoms with van der Waals surface area (Å²) in [5.74, 6) is 0.784. The van der Waals surface area contributed by atoms with E-state index in [1.165, 1.54) is 30.0 Å². The van der Waals surface area contributed by atoms with Crippen molar-refractivity contribution in [3.63, 3.8) is 0 Å². The third-order valence-corrected chi connectivity index (χ3v) is 10.0. The van der Waals surface area contributed by atoms with Gasteiger partial charge in [-0.05, 0) is 96.2 Å². The Hall–Kier alpha value is -6.72. The summed E-state index contributed by atoms with van der Waals surface area (Å²) in [4.78, 5) is 13.7. The molecule has 10 aromatic rings. The normalized spacial score (nSPS) is 12.8. The topological polar surface area (TPSA) is 56.7 Å². The zero-order valence-corrected chi connectivity index (χ0v) is 34.6. The van der Waals surface area contributed by atoms with Crippen molar-refractivity contribution in [1.82, 2.24) is 19.5 Å². The minimum absolute atomic E-state index is 0. The van der Waals surface area contributed by atoms with Crippen LogP contribution in [0.3, 0.4) is 0 Å². The van der Waals surface area contributed by atoms with Crippen LogP contribution in [-0.2, 0) is 20.1 Å². The fourth-order valence-corrected chi connectivity index (χ4v) is 7.30. The fraction of sp³-hybridized carbons (Fsp3) is 0.0755. The van der Waals surface area contributed by atoms with E-state index >= 15 is 0 Å². The molecule has 0 saturated carbocycles. The summed E-state index contributed by atoms with van der Waals surface area (Å²) in [6.07, 6.45) is 6.40. The van der Waals surface area contributed by atoms with Crippen molar-refractivity contribution in [3.05, 3.63) is 205 Å². The smallest absolute Gasteiger partial charge is 0.0774 e. The third kappa shape index (κ3) is 8.06. The summed E-state index contributed by atoms with van der Waals surface area (Å²) in [6, 6.07) is 54.9. The standard InChI is InChI=1S/C40H28N3O.C13H12N.Ir/c1-26-21-32(28-11-5-3-6-12-28)39(33(22-26)29-13-7-4-8-14-29)43-37-16-10-9-15-36(37)42-40(43)35-25-44-38-18-17-30(24-34(35)38)31-19-20-41-27(2)23-31;1-10-3-6-12(7-4-10)13-8-5-11(2)9-14-13;/h3-24H,1-2H3;3-6,8-9H,1-2H3;/q2*-1;/i;1D3,2D3;. The summed E-state index contributed by atoms with van der Waals surface area (Å²) in [6.45, 7) is -0.166. The van der Waals surface area contributed by atoms with E-state index in [1.807, 2.05) is 31.3 Å². The number of furan rings is 1. The van der Waals surface area contributed by atoms with Crippen LogP contribution in [0.25, 0.3) is 83.7 Å². The molecule has 0 fully saturated rings. The maximum absolute atomic E-state index is 7.28. The quantitative estimate of drug-likeness (QED) is 0.156. The van der Waals surface area contributed by atoms with Gasteiger partial charge >= 0.3 is 0 Å². The van der Waals surface area contributed by atoms with Crippen molar-refractivity contribution in [2.24, 2.45) is 0 Å². The number of benzene rings is 6. The van der Waals surface area contributed by atoms with Gasteiger partial charge in [-0.3, -0.25) is 9.97 Å². The van der Waals surface area contributed by atoms with Crippen molar-refractivity contribution < 1.29 is 32.7 Å². The largest absolute Gasteiger partial charge is 0.557 e. The Morgan fingerprint density at radius 3 is 1.98 bits per heavy atom. The molecule has 59 heavy (non-hydrogen) atoms. The molecule has 0 spiro atoms. The van der Waals surface area contributed by atoms with Gasteiger partial charge in [-0.2, -0.15) is 0 Å². The number of hydrogen-bond donors (Lipinski definition) is 0. The van der Waals surface area contributed by atoms with Gasteiger partial charge in [-0.15, -0.1) is 35.4 Å². The fourth-order valence-electron chi connectivity index (χ4n) is 7.30. The van der Waals surface area contributed by atoms with Crippen LogP contribution in [0.15, 0.2) is 175 Å². The van der Waals surface area contributed by atoms with Gasteiger partial charge in [0.15, 0.2) is 0 Å². The monoisotopic (exact) mass is 947 g/mol. The number of aryl methyl sites for hydroxylation is 4. The maximum atomic E-state index is 7.28. The van der Waals surface area contributed by atoms with Gasteiger partial charge in [0.2, 0.25) is 0 Å². The van der Waals surface area contributed by atoms with Gasteiger partial charge in [0.05, 0.1) is 22.5 Å². The molecule has 10 rings (SSSR count). The Labute approximate surface area is 366 Å². The molecule has 0 aliphatic rings. The van der Waals surface area contributed by atoms with Crippen LogP contribution < -0.4 is 0 Å². The van der Waals surface area contributed by atoms with Crippen LogP contribution in [0, 0.1) is 39.9 Å². The van der Waals surface area contributed by atoms with E-state index < -0.39 is 13.7 Å². The first-order chi connectivity index (χ1) is 30.8. The van der Waals surface area contributed by atoms with Crippen molar-refractivity contribution in [2.75, 3.05) is 0 Å². The van der Waals surface area contributed by atoms with Crippen LogP contribution in [0.2, 0.25) is 0 Å². The Morgan fingerprint density at radius 1 is 0.627 bits per heavy atom. The summed E-state index contributed by atoms with van der Waals surface area (Å²) < 4.78 is 52.0. The molecule has 0 aliphatic heterocycles. The number of aromatic nitrogens is 4. The zero-order valence-electron chi connectivity index (χ0n) is 38.2. The predicted molar refractivity (Wildman–Crippen MR) is 237 cm³/mol. The predicted octanol–water partition coefficient (Wildman–Crippen LogP) is 13.4. The Kier molecular flexibility index (Phi) is 9.30. The number of para-hydroxylation sites is 2. The average Bonchev–Trinajstić information content (AvgIpc) is 3.90. The molecule has 0 bridgehead atoms. The first-order valence-electron chi connectivity index (χ1n) is 21.9. The van der Waals surface area contributed by atoms with E-state index in [4.69, 9.17) is 17.6 Å². The molecule has 4 heterocycles. The molecule has 5 nitrogen and oxygen atoms in total.